The minimum atomic E-state index is -0.447. The second kappa shape index (κ2) is 10.2. The van der Waals surface area contributed by atoms with E-state index in [0.29, 0.717) is 29.8 Å². The summed E-state index contributed by atoms with van der Waals surface area (Å²) in [5, 5.41) is 12.6. The summed E-state index contributed by atoms with van der Waals surface area (Å²) in [7, 11) is 1.34. The largest absolute Gasteiger partial charge is 0.465 e. The van der Waals surface area contributed by atoms with Gasteiger partial charge in [0.15, 0.2) is 0 Å². The summed E-state index contributed by atoms with van der Waals surface area (Å²) in [5.41, 5.74) is 5.29. The van der Waals surface area contributed by atoms with E-state index in [1.165, 1.54) is 7.11 Å². The van der Waals surface area contributed by atoms with Crippen molar-refractivity contribution in [3.63, 3.8) is 0 Å². The predicted octanol–water partition coefficient (Wildman–Crippen LogP) is 5.15. The summed E-state index contributed by atoms with van der Waals surface area (Å²) >= 11 is 0. The highest BCUT2D eigenvalue weighted by atomic mass is 16.5. The van der Waals surface area contributed by atoms with Crippen LogP contribution >= 0.6 is 0 Å². The predicted molar refractivity (Wildman–Crippen MR) is 121 cm³/mol. The zero-order valence-electron chi connectivity index (χ0n) is 17.6. The normalized spacial score (nSPS) is 10.2. The summed E-state index contributed by atoms with van der Waals surface area (Å²) in [4.78, 5) is 24.3. The Labute approximate surface area is 182 Å². The molecule has 156 valence electrons. The number of methoxy groups -OCH3 is 1. The Balaban J connectivity index is 1.84. The molecule has 31 heavy (non-hydrogen) atoms. The minimum Gasteiger partial charge on any atom is -0.465 e. The molecule has 3 aromatic carbocycles. The molecule has 0 aliphatic rings. The van der Waals surface area contributed by atoms with Crippen LogP contribution in [0.4, 0.5) is 5.69 Å². The van der Waals surface area contributed by atoms with E-state index in [1.54, 1.807) is 18.2 Å². The zero-order chi connectivity index (χ0) is 22.2. The molecule has 0 atom stereocenters. The first-order valence-electron chi connectivity index (χ1n) is 10.1. The van der Waals surface area contributed by atoms with Crippen LogP contribution in [0.2, 0.25) is 0 Å². The van der Waals surface area contributed by atoms with Gasteiger partial charge in [-0.05, 0) is 34.4 Å². The zero-order valence-corrected chi connectivity index (χ0v) is 17.6. The van der Waals surface area contributed by atoms with Gasteiger partial charge in [-0.25, -0.2) is 4.79 Å². The SMILES string of the molecule is CCC(=O)Cc1cccc(C(=O)OC)c1NCc1ccc(-c2ccccc2C#N)cc1. The molecule has 0 aliphatic carbocycles. The molecule has 0 radical (unpaired) electrons. The maximum Gasteiger partial charge on any atom is 0.339 e. The lowest BCUT2D eigenvalue weighted by molar-refractivity contribution is -0.118. The van der Waals surface area contributed by atoms with Gasteiger partial charge in [-0.15, -0.1) is 0 Å². The van der Waals surface area contributed by atoms with Crippen LogP contribution in [0, 0.1) is 11.3 Å². The number of ketones is 1. The Hall–Kier alpha value is -3.91. The number of ether oxygens (including phenoxy) is 1. The molecule has 0 amide bonds. The Morgan fingerprint density at radius 2 is 1.74 bits per heavy atom. The molecule has 3 aromatic rings. The number of nitriles is 1. The first-order valence-corrected chi connectivity index (χ1v) is 10.1. The number of Topliss-reactive ketones (excluding diaryl/α,β-unsaturated/α-hetero) is 1. The molecule has 5 nitrogen and oxygen atoms in total. The molecule has 5 heteroatoms. The minimum absolute atomic E-state index is 0.102. The first kappa shape index (κ1) is 21.8. The molecule has 0 aromatic heterocycles. The second-order valence-corrected chi connectivity index (χ2v) is 7.11. The van der Waals surface area contributed by atoms with Gasteiger partial charge in [0.25, 0.3) is 0 Å². The highest BCUT2D eigenvalue weighted by molar-refractivity contribution is 5.97. The Morgan fingerprint density at radius 1 is 1.00 bits per heavy atom. The van der Waals surface area contributed by atoms with Crippen LogP contribution < -0.4 is 5.32 Å². The van der Waals surface area contributed by atoms with E-state index in [9.17, 15) is 14.9 Å². The number of rotatable bonds is 8. The maximum absolute atomic E-state index is 12.2. The first-order chi connectivity index (χ1) is 15.1. The number of esters is 1. The summed E-state index contributed by atoms with van der Waals surface area (Å²) < 4.78 is 4.91. The van der Waals surface area contributed by atoms with Crippen molar-refractivity contribution in [1.82, 2.24) is 0 Å². The molecule has 0 aliphatic heterocycles. The molecular formula is C26H24N2O3. The van der Waals surface area contributed by atoms with Crippen molar-refractivity contribution in [2.45, 2.75) is 26.3 Å². The molecule has 0 bridgehead atoms. The molecule has 3 rings (SSSR count). The number of hydrogen-bond acceptors (Lipinski definition) is 5. The lowest BCUT2D eigenvalue weighted by Crippen LogP contribution is -2.12. The molecule has 0 unspecified atom stereocenters. The smallest absolute Gasteiger partial charge is 0.339 e. The van der Waals surface area contributed by atoms with Gasteiger partial charge in [0.2, 0.25) is 0 Å². The third kappa shape index (κ3) is 5.18. The molecule has 0 heterocycles. The highest BCUT2D eigenvalue weighted by Crippen LogP contribution is 2.26. The van der Waals surface area contributed by atoms with Gasteiger partial charge in [-0.1, -0.05) is 61.5 Å². The van der Waals surface area contributed by atoms with Crippen molar-refractivity contribution in [2.24, 2.45) is 0 Å². The van der Waals surface area contributed by atoms with Crippen LogP contribution in [0.25, 0.3) is 11.1 Å². The topological polar surface area (TPSA) is 79.2 Å². The number of carbonyl (C=O) groups excluding carboxylic acids is 2. The lowest BCUT2D eigenvalue weighted by Gasteiger charge is -2.16. The molecule has 0 saturated heterocycles. The van der Waals surface area contributed by atoms with Crippen LogP contribution in [0.15, 0.2) is 66.7 Å². The summed E-state index contributed by atoms with van der Waals surface area (Å²) in [6.45, 7) is 2.30. The quantitative estimate of drug-likeness (QED) is 0.518. The average Bonchev–Trinajstić information content (AvgIpc) is 2.82. The van der Waals surface area contributed by atoms with Gasteiger partial charge in [0.05, 0.1) is 30.0 Å². The Bertz CT molecular complexity index is 1130. The van der Waals surface area contributed by atoms with E-state index in [1.807, 2.05) is 55.5 Å². The third-order valence-electron chi connectivity index (χ3n) is 5.12. The summed E-state index contributed by atoms with van der Waals surface area (Å²) in [5.74, 6) is -0.345. The van der Waals surface area contributed by atoms with Gasteiger partial charge in [0.1, 0.15) is 5.78 Å². The van der Waals surface area contributed by atoms with Gasteiger partial charge in [0, 0.05) is 19.4 Å². The van der Waals surface area contributed by atoms with Crippen molar-refractivity contribution < 1.29 is 14.3 Å². The van der Waals surface area contributed by atoms with Crippen LogP contribution in [0.1, 0.15) is 40.4 Å². The molecule has 0 saturated carbocycles. The fourth-order valence-corrected chi connectivity index (χ4v) is 3.40. The number of para-hydroxylation sites is 1. The van der Waals surface area contributed by atoms with E-state index < -0.39 is 5.97 Å². The van der Waals surface area contributed by atoms with E-state index in [0.717, 1.165) is 22.3 Å². The van der Waals surface area contributed by atoms with Crippen molar-refractivity contribution >= 4 is 17.4 Å². The fourth-order valence-electron chi connectivity index (χ4n) is 3.40. The summed E-state index contributed by atoms with van der Waals surface area (Å²) in [6.07, 6.45) is 0.696. The van der Waals surface area contributed by atoms with Gasteiger partial charge in [-0.2, -0.15) is 5.26 Å². The number of hydrogen-bond donors (Lipinski definition) is 1. The maximum atomic E-state index is 12.2. The molecule has 0 spiro atoms. The number of anilines is 1. The Morgan fingerprint density at radius 3 is 2.42 bits per heavy atom. The van der Waals surface area contributed by atoms with Crippen molar-refractivity contribution in [2.75, 3.05) is 12.4 Å². The average molecular weight is 412 g/mol. The number of nitrogens with zero attached hydrogens (tertiary/aromatic N) is 1. The van der Waals surface area contributed by atoms with Gasteiger partial charge >= 0.3 is 5.97 Å². The molecule has 0 fully saturated rings. The van der Waals surface area contributed by atoms with Gasteiger partial charge in [-0.3, -0.25) is 4.79 Å². The van der Waals surface area contributed by atoms with Crippen LogP contribution in [-0.2, 0) is 22.5 Å². The third-order valence-corrected chi connectivity index (χ3v) is 5.12. The standard InChI is InChI=1S/C26H24N2O3/c1-3-22(29)15-20-8-6-10-24(26(30)31-2)25(20)28-17-18-11-13-19(14-12-18)23-9-5-4-7-21(23)16-27/h4-14,28H,3,15,17H2,1-2H3. The number of nitrogens with one attached hydrogen (secondary N) is 1. The van der Waals surface area contributed by atoms with Gasteiger partial charge < -0.3 is 10.1 Å². The van der Waals surface area contributed by atoms with E-state index >= 15 is 0 Å². The second-order valence-electron chi connectivity index (χ2n) is 7.11. The van der Waals surface area contributed by atoms with E-state index in [-0.39, 0.29) is 12.2 Å². The van der Waals surface area contributed by atoms with Crippen molar-refractivity contribution in [3.8, 4) is 17.2 Å². The monoisotopic (exact) mass is 412 g/mol. The fraction of sp³-hybridized carbons (Fsp3) is 0.192. The Kier molecular flexibility index (Phi) is 7.18. The van der Waals surface area contributed by atoms with Crippen molar-refractivity contribution in [3.05, 3.63) is 89.0 Å². The number of benzene rings is 3. The number of carbonyl (C=O) groups is 2. The summed E-state index contributed by atoms with van der Waals surface area (Å²) in [6, 6.07) is 22.9. The van der Waals surface area contributed by atoms with Crippen molar-refractivity contribution in [1.29, 1.82) is 5.26 Å². The van der Waals surface area contributed by atoms with E-state index in [2.05, 4.69) is 11.4 Å². The van der Waals surface area contributed by atoms with Crippen LogP contribution in [0.3, 0.4) is 0 Å². The van der Waals surface area contributed by atoms with E-state index in [4.69, 9.17) is 4.74 Å². The highest BCUT2D eigenvalue weighted by Gasteiger charge is 2.17. The lowest BCUT2D eigenvalue weighted by atomic mass is 9.99. The van der Waals surface area contributed by atoms with Crippen LogP contribution in [-0.4, -0.2) is 18.9 Å². The van der Waals surface area contributed by atoms with Crippen LogP contribution in [0.5, 0.6) is 0 Å². The molecule has 1 N–H and O–H groups in total. The molecular weight excluding hydrogens is 388 g/mol.